The number of unbranched alkanes of at least 4 members (excludes halogenated alkanes) is 1. The first kappa shape index (κ1) is 17.1. The van der Waals surface area contributed by atoms with Crippen molar-refractivity contribution in [3.63, 3.8) is 0 Å². The maximum absolute atomic E-state index is 2.58. The minimum absolute atomic E-state index is 0.699. The second kappa shape index (κ2) is 7.70. The largest absolute Gasteiger partial charge is 0.0654 e. The van der Waals surface area contributed by atoms with Crippen LogP contribution in [0.15, 0.2) is 0 Å². The Morgan fingerprint density at radius 3 is 2.16 bits per heavy atom. The molecular weight excluding hydrogens is 228 g/mol. The van der Waals surface area contributed by atoms with Crippen molar-refractivity contribution >= 4 is 0 Å². The summed E-state index contributed by atoms with van der Waals surface area (Å²) in [6.07, 6.45) is 11.4. The van der Waals surface area contributed by atoms with Gasteiger partial charge in [0.2, 0.25) is 0 Å². The summed E-state index contributed by atoms with van der Waals surface area (Å²) < 4.78 is 0. The molecule has 0 amide bonds. The van der Waals surface area contributed by atoms with Gasteiger partial charge in [0.1, 0.15) is 0 Å². The fourth-order valence-corrected chi connectivity index (χ4v) is 4.48. The smallest absolute Gasteiger partial charge is 0.0266 e. The van der Waals surface area contributed by atoms with E-state index in [-0.39, 0.29) is 0 Å². The van der Waals surface area contributed by atoms with E-state index in [1.165, 1.54) is 51.4 Å². The van der Waals surface area contributed by atoms with E-state index >= 15 is 0 Å². The fourth-order valence-electron chi connectivity index (χ4n) is 4.48. The summed E-state index contributed by atoms with van der Waals surface area (Å²) in [5, 5.41) is 0. The van der Waals surface area contributed by atoms with E-state index in [2.05, 4.69) is 41.5 Å². The van der Waals surface area contributed by atoms with Gasteiger partial charge in [0, 0.05) is 0 Å². The molecule has 114 valence electrons. The van der Waals surface area contributed by atoms with Gasteiger partial charge in [-0.05, 0) is 48.3 Å². The molecule has 1 aliphatic carbocycles. The lowest BCUT2D eigenvalue weighted by Crippen LogP contribution is -2.22. The van der Waals surface area contributed by atoms with Crippen LogP contribution < -0.4 is 0 Å². The Hall–Kier alpha value is 0. The first-order valence-electron chi connectivity index (χ1n) is 9.03. The van der Waals surface area contributed by atoms with Crippen LogP contribution in [0.25, 0.3) is 0 Å². The maximum atomic E-state index is 2.58. The molecule has 4 unspecified atom stereocenters. The molecule has 0 heteroatoms. The molecule has 0 heterocycles. The van der Waals surface area contributed by atoms with Gasteiger partial charge >= 0.3 is 0 Å². The molecule has 0 radical (unpaired) electrons. The monoisotopic (exact) mass is 266 g/mol. The number of hydrogen-bond donors (Lipinski definition) is 0. The normalized spacial score (nSPS) is 29.5. The van der Waals surface area contributed by atoms with Crippen molar-refractivity contribution in [2.75, 3.05) is 0 Å². The Morgan fingerprint density at radius 1 is 1.11 bits per heavy atom. The van der Waals surface area contributed by atoms with E-state index < -0.39 is 0 Å². The minimum atomic E-state index is 0.699. The zero-order valence-electron chi connectivity index (χ0n) is 14.5. The van der Waals surface area contributed by atoms with Gasteiger partial charge in [-0.15, -0.1) is 0 Å². The third-order valence-corrected chi connectivity index (χ3v) is 6.30. The van der Waals surface area contributed by atoms with E-state index in [9.17, 15) is 0 Å². The molecule has 0 bridgehead atoms. The lowest BCUT2D eigenvalue weighted by Gasteiger charge is -2.31. The first-order chi connectivity index (χ1) is 9.03. The molecule has 1 aliphatic rings. The van der Waals surface area contributed by atoms with Gasteiger partial charge in [-0.2, -0.15) is 0 Å². The van der Waals surface area contributed by atoms with E-state index in [0.29, 0.717) is 5.41 Å². The predicted molar refractivity (Wildman–Crippen MR) is 87.4 cm³/mol. The van der Waals surface area contributed by atoms with Crippen LogP contribution in [0.3, 0.4) is 0 Å². The molecule has 0 nitrogen and oxygen atoms in total. The molecule has 0 N–H and O–H groups in total. The van der Waals surface area contributed by atoms with Crippen molar-refractivity contribution in [1.29, 1.82) is 0 Å². The van der Waals surface area contributed by atoms with Gasteiger partial charge in [0.25, 0.3) is 0 Å². The van der Waals surface area contributed by atoms with Crippen molar-refractivity contribution < 1.29 is 0 Å². The lowest BCUT2D eigenvalue weighted by molar-refractivity contribution is 0.191. The summed E-state index contributed by atoms with van der Waals surface area (Å²) in [5.41, 5.74) is 0.699. The van der Waals surface area contributed by atoms with E-state index in [1.54, 1.807) is 0 Å². The van der Waals surface area contributed by atoms with Crippen molar-refractivity contribution in [1.82, 2.24) is 0 Å². The predicted octanol–water partition coefficient (Wildman–Crippen LogP) is 6.69. The van der Waals surface area contributed by atoms with Crippen LogP contribution in [-0.4, -0.2) is 0 Å². The van der Waals surface area contributed by atoms with E-state index in [1.807, 2.05) is 0 Å². The van der Waals surface area contributed by atoms with Gasteiger partial charge in [0.15, 0.2) is 0 Å². The Kier molecular flexibility index (Phi) is 6.91. The lowest BCUT2D eigenvalue weighted by atomic mass is 9.74. The summed E-state index contributed by atoms with van der Waals surface area (Å²) in [4.78, 5) is 0. The molecule has 0 aliphatic heterocycles. The molecule has 0 aromatic rings. The molecule has 0 spiro atoms. The Bertz CT molecular complexity index is 240. The van der Waals surface area contributed by atoms with Crippen LogP contribution in [0.1, 0.15) is 92.9 Å². The molecule has 4 atom stereocenters. The van der Waals surface area contributed by atoms with Crippen LogP contribution in [-0.2, 0) is 0 Å². The molecule has 1 fully saturated rings. The Labute approximate surface area is 122 Å². The topological polar surface area (TPSA) is 0 Å². The highest BCUT2D eigenvalue weighted by Gasteiger charge is 2.53. The standard InChI is InChI=1S/C19H38/c1-7-11-12-18(19(6)14-17(19)10-4)13-15(5)16(8-2)9-3/h15-18H,7-14H2,1-6H3. The summed E-state index contributed by atoms with van der Waals surface area (Å²) in [6.45, 7) is 14.6. The van der Waals surface area contributed by atoms with Gasteiger partial charge in [0.05, 0.1) is 0 Å². The second-order valence-corrected chi connectivity index (χ2v) is 7.44. The van der Waals surface area contributed by atoms with Crippen LogP contribution in [0, 0.1) is 29.1 Å². The highest BCUT2D eigenvalue weighted by atomic mass is 14.6. The molecule has 0 saturated heterocycles. The molecule has 0 aromatic heterocycles. The zero-order valence-corrected chi connectivity index (χ0v) is 14.5. The van der Waals surface area contributed by atoms with Crippen molar-refractivity contribution in [3.8, 4) is 0 Å². The Morgan fingerprint density at radius 2 is 1.74 bits per heavy atom. The fraction of sp³-hybridized carbons (Fsp3) is 1.00. The van der Waals surface area contributed by atoms with Crippen LogP contribution >= 0.6 is 0 Å². The molecule has 0 aromatic carbocycles. The van der Waals surface area contributed by atoms with Gasteiger partial charge in [-0.3, -0.25) is 0 Å². The first-order valence-corrected chi connectivity index (χ1v) is 9.03. The summed E-state index contributed by atoms with van der Waals surface area (Å²) in [5.74, 6) is 3.90. The third-order valence-electron chi connectivity index (χ3n) is 6.30. The van der Waals surface area contributed by atoms with Gasteiger partial charge in [-0.1, -0.05) is 73.6 Å². The van der Waals surface area contributed by atoms with E-state index in [0.717, 1.165) is 23.7 Å². The highest BCUT2D eigenvalue weighted by Crippen LogP contribution is 2.61. The Balaban J connectivity index is 2.60. The molecule has 1 saturated carbocycles. The number of hydrogen-bond acceptors (Lipinski definition) is 0. The number of rotatable bonds is 10. The second-order valence-electron chi connectivity index (χ2n) is 7.44. The summed E-state index contributed by atoms with van der Waals surface area (Å²) >= 11 is 0. The van der Waals surface area contributed by atoms with Crippen LogP contribution in [0.5, 0.6) is 0 Å². The third kappa shape index (κ3) is 4.23. The summed E-state index contributed by atoms with van der Waals surface area (Å²) in [7, 11) is 0. The average Bonchev–Trinajstić information content (AvgIpc) is 3.08. The molecule has 19 heavy (non-hydrogen) atoms. The SMILES string of the molecule is CCCCC(CC(C)C(CC)CC)C1(C)CC1CC. The maximum Gasteiger partial charge on any atom is -0.0266 e. The van der Waals surface area contributed by atoms with Gasteiger partial charge in [-0.25, -0.2) is 0 Å². The van der Waals surface area contributed by atoms with Gasteiger partial charge < -0.3 is 0 Å². The van der Waals surface area contributed by atoms with Crippen LogP contribution in [0.4, 0.5) is 0 Å². The van der Waals surface area contributed by atoms with E-state index in [4.69, 9.17) is 0 Å². The summed E-state index contributed by atoms with van der Waals surface area (Å²) in [6, 6.07) is 0. The zero-order chi connectivity index (χ0) is 14.5. The van der Waals surface area contributed by atoms with Crippen molar-refractivity contribution in [2.24, 2.45) is 29.1 Å². The average molecular weight is 267 g/mol. The molecular formula is C19H38. The van der Waals surface area contributed by atoms with Crippen molar-refractivity contribution in [3.05, 3.63) is 0 Å². The van der Waals surface area contributed by atoms with Crippen LogP contribution in [0.2, 0.25) is 0 Å². The highest BCUT2D eigenvalue weighted by molar-refractivity contribution is 5.02. The quantitative estimate of drug-likeness (QED) is 0.413. The van der Waals surface area contributed by atoms with Crippen molar-refractivity contribution in [2.45, 2.75) is 92.9 Å². The molecule has 1 rings (SSSR count). The minimum Gasteiger partial charge on any atom is -0.0654 e.